The summed E-state index contributed by atoms with van der Waals surface area (Å²) >= 11 is 12.1. The van der Waals surface area contributed by atoms with Crippen LogP contribution < -0.4 is 20.8 Å². The molecule has 35 heavy (non-hydrogen) atoms. The fraction of sp³-hybridized carbons (Fsp3) is 0.0417. The maximum absolute atomic E-state index is 13.9. The highest BCUT2D eigenvalue weighted by molar-refractivity contribution is 6.42. The van der Waals surface area contributed by atoms with Crippen molar-refractivity contribution in [2.24, 2.45) is 0 Å². The van der Waals surface area contributed by atoms with Crippen LogP contribution in [0.4, 0.5) is 15.8 Å². The van der Waals surface area contributed by atoms with Crippen molar-refractivity contribution in [2.75, 3.05) is 23.2 Å². The lowest BCUT2D eigenvalue weighted by Crippen LogP contribution is -2.36. The van der Waals surface area contributed by atoms with Crippen LogP contribution in [0.25, 0.3) is 10.9 Å². The lowest BCUT2D eigenvalue weighted by Gasteiger charge is -2.14. The number of amides is 3. The summed E-state index contributed by atoms with van der Waals surface area (Å²) in [5, 5.41) is 5.99. The van der Waals surface area contributed by atoms with Crippen molar-refractivity contribution in [1.82, 2.24) is 4.68 Å². The maximum atomic E-state index is 13.9. The number of nitrogens with zero attached hydrogens (tertiary/aromatic N) is 1. The summed E-state index contributed by atoms with van der Waals surface area (Å²) in [5.41, 5.74) is 2.81. The Morgan fingerprint density at radius 2 is 1.66 bits per heavy atom. The van der Waals surface area contributed by atoms with E-state index in [0.717, 1.165) is 10.7 Å². The topological polar surface area (TPSA) is 101 Å². The van der Waals surface area contributed by atoms with Gasteiger partial charge >= 0.3 is 11.8 Å². The van der Waals surface area contributed by atoms with E-state index in [9.17, 15) is 18.8 Å². The number of ether oxygens (including phenoxy) is 1. The molecule has 0 spiro atoms. The van der Waals surface area contributed by atoms with Crippen LogP contribution in [0.15, 0.2) is 66.7 Å². The van der Waals surface area contributed by atoms with Crippen molar-refractivity contribution in [3.05, 3.63) is 88.3 Å². The number of benzene rings is 3. The molecule has 4 rings (SSSR count). The molecule has 3 amide bonds. The van der Waals surface area contributed by atoms with E-state index in [-0.39, 0.29) is 22.1 Å². The quantitative estimate of drug-likeness (QED) is 0.324. The maximum Gasteiger partial charge on any atom is 0.328 e. The molecule has 0 bridgehead atoms. The molecule has 1 heterocycles. The largest absolute Gasteiger partial charge is 0.494 e. The standard InChI is InChI=1S/C24H17Cl2FN4O4/c1-35-20-8-4-5-13-11-19(22(32)28-17-10-9-14(25)12-15(17)26)31(21(13)20)30-24(34)23(33)29-18-7-3-2-6-16(18)27/h2-12H,1H3,(H,28,32)(H,29,33)(H,30,34). The van der Waals surface area contributed by atoms with Crippen LogP contribution >= 0.6 is 23.2 Å². The molecule has 0 aliphatic rings. The first kappa shape index (κ1) is 24.1. The molecule has 4 aromatic rings. The molecule has 3 N–H and O–H groups in total. The van der Waals surface area contributed by atoms with E-state index in [2.05, 4.69) is 16.1 Å². The van der Waals surface area contributed by atoms with Crippen molar-refractivity contribution in [3.8, 4) is 5.75 Å². The molecule has 0 radical (unpaired) electrons. The zero-order valence-corrected chi connectivity index (χ0v) is 19.6. The highest BCUT2D eigenvalue weighted by atomic mass is 35.5. The van der Waals surface area contributed by atoms with Gasteiger partial charge in [0.05, 0.1) is 23.5 Å². The third-order valence-corrected chi connectivity index (χ3v) is 5.51. The fourth-order valence-electron chi connectivity index (χ4n) is 3.35. The van der Waals surface area contributed by atoms with Crippen LogP contribution in [0.1, 0.15) is 10.5 Å². The van der Waals surface area contributed by atoms with Crippen molar-refractivity contribution < 1.29 is 23.5 Å². The smallest absolute Gasteiger partial charge is 0.328 e. The summed E-state index contributed by atoms with van der Waals surface area (Å²) in [5.74, 6) is -3.29. The second-order valence-corrected chi connectivity index (χ2v) is 8.06. The van der Waals surface area contributed by atoms with Gasteiger partial charge in [0.25, 0.3) is 5.91 Å². The molecule has 11 heteroatoms. The first-order chi connectivity index (χ1) is 16.8. The number of hydrogen-bond donors (Lipinski definition) is 3. The molecule has 0 atom stereocenters. The summed E-state index contributed by atoms with van der Waals surface area (Å²) in [6, 6.07) is 16.5. The Hall–Kier alpha value is -4.08. The average Bonchev–Trinajstić information content (AvgIpc) is 3.20. The number of hydrogen-bond acceptors (Lipinski definition) is 4. The number of methoxy groups -OCH3 is 1. The lowest BCUT2D eigenvalue weighted by atomic mass is 10.2. The highest BCUT2D eigenvalue weighted by Crippen LogP contribution is 2.30. The number of carbonyl (C=O) groups excluding carboxylic acids is 3. The molecule has 0 saturated carbocycles. The molecular formula is C24H17Cl2FN4O4. The summed E-state index contributed by atoms with van der Waals surface area (Å²) in [4.78, 5) is 38.3. The average molecular weight is 515 g/mol. The van der Waals surface area contributed by atoms with Gasteiger partial charge in [-0.3, -0.25) is 19.8 Å². The molecule has 0 aliphatic heterocycles. The third-order valence-electron chi connectivity index (χ3n) is 4.96. The van der Waals surface area contributed by atoms with Gasteiger partial charge in [-0.1, -0.05) is 47.5 Å². The normalized spacial score (nSPS) is 10.6. The van der Waals surface area contributed by atoms with Crippen LogP contribution in [0, 0.1) is 5.82 Å². The fourth-order valence-corrected chi connectivity index (χ4v) is 3.80. The number of carbonyl (C=O) groups is 3. The van der Waals surface area contributed by atoms with E-state index in [1.54, 1.807) is 24.3 Å². The highest BCUT2D eigenvalue weighted by Gasteiger charge is 2.23. The number of para-hydroxylation sites is 2. The lowest BCUT2D eigenvalue weighted by molar-refractivity contribution is -0.133. The molecular weight excluding hydrogens is 498 g/mol. The van der Waals surface area contributed by atoms with Crippen LogP contribution in [0.5, 0.6) is 5.75 Å². The van der Waals surface area contributed by atoms with Crippen molar-refractivity contribution in [2.45, 2.75) is 0 Å². The molecule has 0 fully saturated rings. The van der Waals surface area contributed by atoms with E-state index >= 15 is 0 Å². The zero-order valence-electron chi connectivity index (χ0n) is 18.1. The molecule has 0 unspecified atom stereocenters. The second kappa shape index (κ2) is 10.0. The molecule has 0 aliphatic carbocycles. The summed E-state index contributed by atoms with van der Waals surface area (Å²) < 4.78 is 20.4. The van der Waals surface area contributed by atoms with Gasteiger partial charge in [-0.05, 0) is 42.5 Å². The Morgan fingerprint density at radius 1 is 0.886 bits per heavy atom. The molecule has 8 nitrogen and oxygen atoms in total. The van der Waals surface area contributed by atoms with Gasteiger partial charge in [-0.15, -0.1) is 0 Å². The minimum absolute atomic E-state index is 0.0254. The van der Waals surface area contributed by atoms with Gasteiger partial charge in [-0.2, -0.15) is 0 Å². The number of nitrogens with one attached hydrogen (secondary N) is 3. The van der Waals surface area contributed by atoms with E-state index in [1.807, 2.05) is 0 Å². The summed E-state index contributed by atoms with van der Waals surface area (Å²) in [6.45, 7) is 0. The van der Waals surface area contributed by atoms with Crippen LogP contribution in [0.2, 0.25) is 10.0 Å². The second-order valence-electron chi connectivity index (χ2n) is 7.22. The Kier molecular flexibility index (Phi) is 6.90. The number of aromatic nitrogens is 1. The Bertz CT molecular complexity index is 1470. The Balaban J connectivity index is 1.69. The van der Waals surface area contributed by atoms with E-state index in [0.29, 0.717) is 21.7 Å². The van der Waals surface area contributed by atoms with Gasteiger partial charge in [0.15, 0.2) is 0 Å². The van der Waals surface area contributed by atoms with E-state index in [4.69, 9.17) is 27.9 Å². The number of rotatable bonds is 5. The first-order valence-electron chi connectivity index (χ1n) is 10.1. The van der Waals surface area contributed by atoms with Crippen LogP contribution in [0.3, 0.4) is 0 Å². The molecule has 178 valence electrons. The van der Waals surface area contributed by atoms with Gasteiger partial charge in [0.2, 0.25) is 0 Å². The minimum atomic E-state index is -1.14. The van der Waals surface area contributed by atoms with E-state index < -0.39 is 23.5 Å². The zero-order chi connectivity index (χ0) is 25.1. The van der Waals surface area contributed by atoms with Gasteiger partial charge in [0.1, 0.15) is 22.8 Å². The van der Waals surface area contributed by atoms with Crippen LogP contribution in [-0.4, -0.2) is 29.5 Å². The number of halogens is 3. The number of anilines is 2. The summed E-state index contributed by atoms with van der Waals surface area (Å²) in [7, 11) is 1.42. The predicted molar refractivity (Wildman–Crippen MR) is 132 cm³/mol. The van der Waals surface area contributed by atoms with Crippen LogP contribution in [-0.2, 0) is 9.59 Å². The van der Waals surface area contributed by atoms with Crippen molar-refractivity contribution in [3.63, 3.8) is 0 Å². The summed E-state index contributed by atoms with van der Waals surface area (Å²) in [6.07, 6.45) is 0. The first-order valence-corrected chi connectivity index (χ1v) is 10.9. The predicted octanol–water partition coefficient (Wildman–Crippen LogP) is 5.06. The van der Waals surface area contributed by atoms with E-state index in [1.165, 1.54) is 43.5 Å². The van der Waals surface area contributed by atoms with Gasteiger partial charge in [0, 0.05) is 10.4 Å². The third kappa shape index (κ3) is 5.06. The Labute approximate surface area is 208 Å². The van der Waals surface area contributed by atoms with Gasteiger partial charge < -0.3 is 15.4 Å². The van der Waals surface area contributed by atoms with Crippen molar-refractivity contribution >= 4 is 63.2 Å². The van der Waals surface area contributed by atoms with Gasteiger partial charge in [-0.25, -0.2) is 9.07 Å². The monoisotopic (exact) mass is 514 g/mol. The van der Waals surface area contributed by atoms with Crippen molar-refractivity contribution in [1.29, 1.82) is 0 Å². The molecule has 1 aromatic heterocycles. The number of fused-ring (bicyclic) bond motifs is 1. The minimum Gasteiger partial charge on any atom is -0.494 e. The molecule has 3 aromatic carbocycles. The Morgan fingerprint density at radius 3 is 2.37 bits per heavy atom. The SMILES string of the molecule is COc1cccc2cc(C(=O)Nc3ccc(Cl)cc3Cl)n(NC(=O)C(=O)Nc3ccccc3F)c12. The molecule has 0 saturated heterocycles.